The first kappa shape index (κ1) is 16.6. The average Bonchev–Trinajstić information content (AvgIpc) is 2.45. The zero-order valence-corrected chi connectivity index (χ0v) is 11.8. The summed E-state index contributed by atoms with van der Waals surface area (Å²) in [6, 6.07) is 4.37. The molecule has 1 aromatic rings. The fourth-order valence-corrected chi connectivity index (χ4v) is 1.57. The molecule has 0 aliphatic rings. The lowest BCUT2D eigenvalue weighted by molar-refractivity contribution is 0.0396. The van der Waals surface area contributed by atoms with Gasteiger partial charge >= 0.3 is 0 Å². The summed E-state index contributed by atoms with van der Waals surface area (Å²) >= 11 is 0. The molecule has 1 N–H and O–H groups in total. The molecule has 0 fully saturated rings. The van der Waals surface area contributed by atoms with Gasteiger partial charge in [-0.25, -0.2) is 4.39 Å². The van der Waals surface area contributed by atoms with Crippen molar-refractivity contribution in [3.63, 3.8) is 0 Å². The van der Waals surface area contributed by atoms with Gasteiger partial charge in [0.05, 0.1) is 19.8 Å². The Morgan fingerprint density at radius 3 is 2.75 bits per heavy atom. The van der Waals surface area contributed by atoms with Crippen molar-refractivity contribution in [1.82, 2.24) is 0 Å². The van der Waals surface area contributed by atoms with E-state index in [1.165, 1.54) is 12.1 Å². The number of hydrogen-bond donors (Lipinski definition) is 1. The van der Waals surface area contributed by atoms with Crippen molar-refractivity contribution in [1.29, 1.82) is 0 Å². The van der Waals surface area contributed by atoms with Gasteiger partial charge in [0.25, 0.3) is 0 Å². The Kier molecular flexibility index (Phi) is 8.64. The third-order valence-corrected chi connectivity index (χ3v) is 2.65. The Morgan fingerprint density at radius 2 is 2.00 bits per heavy atom. The lowest BCUT2D eigenvalue weighted by Crippen LogP contribution is -2.06. The maximum atomic E-state index is 13.1. The van der Waals surface area contributed by atoms with Crippen LogP contribution in [0.2, 0.25) is 0 Å². The number of ether oxygens (including phenoxy) is 2. The summed E-state index contributed by atoms with van der Waals surface area (Å²) < 4.78 is 24.0. The number of hydrogen-bond acceptors (Lipinski definition) is 3. The highest BCUT2D eigenvalue weighted by Crippen LogP contribution is 2.11. The van der Waals surface area contributed by atoms with E-state index in [4.69, 9.17) is 14.6 Å². The molecule has 1 rings (SSSR count). The Morgan fingerprint density at radius 1 is 1.20 bits per heavy atom. The van der Waals surface area contributed by atoms with E-state index in [1.54, 1.807) is 6.07 Å². The first-order chi connectivity index (χ1) is 9.77. The molecule has 0 aromatic heterocycles. The zero-order valence-electron chi connectivity index (χ0n) is 11.8. The second kappa shape index (κ2) is 10.4. The van der Waals surface area contributed by atoms with Crippen LogP contribution in [0.1, 0.15) is 30.9 Å². The molecule has 0 aliphatic carbocycles. The highest BCUT2D eigenvalue weighted by molar-refractivity contribution is 5.41. The summed E-state index contributed by atoms with van der Waals surface area (Å²) in [5, 5.41) is 8.69. The van der Waals surface area contributed by atoms with Gasteiger partial charge in [-0.2, -0.15) is 0 Å². The molecule has 3 nitrogen and oxygen atoms in total. The van der Waals surface area contributed by atoms with Gasteiger partial charge < -0.3 is 14.6 Å². The smallest absolute Gasteiger partial charge is 0.124 e. The first-order valence-corrected chi connectivity index (χ1v) is 6.81. The highest BCUT2D eigenvalue weighted by Gasteiger charge is 2.02. The van der Waals surface area contributed by atoms with Gasteiger partial charge in [0.2, 0.25) is 0 Å². The van der Waals surface area contributed by atoms with Crippen LogP contribution in [0, 0.1) is 17.7 Å². The lowest BCUT2D eigenvalue weighted by Gasteiger charge is -2.07. The predicted molar refractivity (Wildman–Crippen MR) is 75.7 cm³/mol. The van der Waals surface area contributed by atoms with Crippen molar-refractivity contribution >= 4 is 0 Å². The van der Waals surface area contributed by atoms with Gasteiger partial charge in [-0.15, -0.1) is 0 Å². The van der Waals surface area contributed by atoms with Gasteiger partial charge in [0.15, 0.2) is 0 Å². The number of rotatable bonds is 8. The maximum absolute atomic E-state index is 13.1. The fourth-order valence-electron chi connectivity index (χ4n) is 1.57. The van der Waals surface area contributed by atoms with Crippen molar-refractivity contribution in [2.24, 2.45) is 0 Å². The van der Waals surface area contributed by atoms with Crippen LogP contribution in [0.4, 0.5) is 4.39 Å². The third-order valence-electron chi connectivity index (χ3n) is 2.65. The molecule has 0 radical (unpaired) electrons. The summed E-state index contributed by atoms with van der Waals surface area (Å²) in [5.74, 6) is 4.89. The van der Waals surface area contributed by atoms with Gasteiger partial charge in [0.1, 0.15) is 12.4 Å². The van der Waals surface area contributed by atoms with Crippen LogP contribution in [0.15, 0.2) is 18.2 Å². The van der Waals surface area contributed by atoms with Crippen molar-refractivity contribution in [2.75, 3.05) is 26.4 Å². The lowest BCUT2D eigenvalue weighted by atomic mass is 10.1. The van der Waals surface area contributed by atoms with Crippen molar-refractivity contribution < 1.29 is 19.0 Å². The van der Waals surface area contributed by atoms with Crippen molar-refractivity contribution in [2.45, 2.75) is 26.4 Å². The van der Waals surface area contributed by atoms with E-state index in [1.807, 2.05) is 0 Å². The molecular weight excluding hydrogens is 259 g/mol. The van der Waals surface area contributed by atoms with Crippen LogP contribution in [-0.2, 0) is 16.1 Å². The minimum atomic E-state index is -0.348. The number of unbranched alkanes of at least 4 members (excludes halogenated alkanes) is 1. The first-order valence-electron chi connectivity index (χ1n) is 6.81. The molecule has 110 valence electrons. The number of aliphatic hydroxyl groups excluding tert-OH is 1. The van der Waals surface area contributed by atoms with Crippen LogP contribution in [-0.4, -0.2) is 31.5 Å². The summed E-state index contributed by atoms with van der Waals surface area (Å²) in [6.45, 7) is 4.02. The summed E-state index contributed by atoms with van der Waals surface area (Å²) in [6.07, 6.45) is 2.17. The molecule has 0 aliphatic heterocycles. The Bertz CT molecular complexity index is 449. The van der Waals surface area contributed by atoms with Crippen molar-refractivity contribution in [3.8, 4) is 11.8 Å². The standard InChI is InChI=1S/C16H21FO3/c1-2-3-9-19-10-11-20-13-15-6-7-16(17)12-14(15)5-4-8-18/h6-7,12,18H,2-3,8-11,13H2,1H3. The van der Waals surface area contributed by atoms with Gasteiger partial charge in [0, 0.05) is 12.2 Å². The quantitative estimate of drug-likeness (QED) is 0.587. The molecule has 0 saturated heterocycles. The van der Waals surface area contributed by atoms with E-state index in [2.05, 4.69) is 18.8 Å². The SMILES string of the molecule is CCCCOCCOCc1ccc(F)cc1C#CCO. The van der Waals surface area contributed by atoms with E-state index >= 15 is 0 Å². The second-order valence-electron chi connectivity index (χ2n) is 4.28. The third kappa shape index (κ3) is 6.67. The summed E-state index contributed by atoms with van der Waals surface area (Å²) in [5.41, 5.74) is 1.35. The van der Waals surface area contributed by atoms with Crippen molar-refractivity contribution in [3.05, 3.63) is 35.1 Å². The molecule has 0 bridgehead atoms. The minimum absolute atomic E-state index is 0.248. The van der Waals surface area contributed by atoms with Gasteiger partial charge in [-0.1, -0.05) is 31.3 Å². The van der Waals surface area contributed by atoms with E-state index in [0.29, 0.717) is 25.4 Å². The largest absolute Gasteiger partial charge is 0.384 e. The second-order valence-corrected chi connectivity index (χ2v) is 4.28. The normalized spacial score (nSPS) is 10.2. The molecule has 0 saturated carbocycles. The Labute approximate surface area is 119 Å². The maximum Gasteiger partial charge on any atom is 0.124 e. The number of benzene rings is 1. The van der Waals surface area contributed by atoms with E-state index in [-0.39, 0.29) is 12.4 Å². The fraction of sp³-hybridized carbons (Fsp3) is 0.500. The molecule has 0 unspecified atom stereocenters. The molecule has 0 spiro atoms. The Balaban J connectivity index is 2.39. The molecule has 0 heterocycles. The van der Waals surface area contributed by atoms with Crippen LogP contribution < -0.4 is 0 Å². The van der Waals surface area contributed by atoms with E-state index in [0.717, 1.165) is 25.0 Å². The molecule has 4 heteroatoms. The topological polar surface area (TPSA) is 38.7 Å². The van der Waals surface area contributed by atoms with Crippen LogP contribution in [0.5, 0.6) is 0 Å². The Hall–Kier alpha value is -1.41. The molecular formula is C16H21FO3. The van der Waals surface area contributed by atoms with E-state index < -0.39 is 0 Å². The van der Waals surface area contributed by atoms with Crippen LogP contribution in [0.3, 0.4) is 0 Å². The number of halogens is 1. The van der Waals surface area contributed by atoms with Gasteiger partial charge in [-0.3, -0.25) is 0 Å². The zero-order chi connectivity index (χ0) is 14.6. The molecule has 20 heavy (non-hydrogen) atoms. The van der Waals surface area contributed by atoms with E-state index in [9.17, 15) is 4.39 Å². The molecule has 0 atom stereocenters. The monoisotopic (exact) mass is 280 g/mol. The molecule has 1 aromatic carbocycles. The summed E-state index contributed by atoms with van der Waals surface area (Å²) in [7, 11) is 0. The van der Waals surface area contributed by atoms with Crippen LogP contribution in [0.25, 0.3) is 0 Å². The number of aliphatic hydroxyl groups is 1. The highest BCUT2D eigenvalue weighted by atomic mass is 19.1. The predicted octanol–water partition coefficient (Wildman–Crippen LogP) is 2.50. The summed E-state index contributed by atoms with van der Waals surface area (Å²) in [4.78, 5) is 0. The minimum Gasteiger partial charge on any atom is -0.384 e. The van der Waals surface area contributed by atoms with Crippen LogP contribution >= 0.6 is 0 Å². The van der Waals surface area contributed by atoms with Gasteiger partial charge in [-0.05, 0) is 24.1 Å². The molecule has 0 amide bonds. The average molecular weight is 280 g/mol.